The molecule has 0 bridgehead atoms. The number of piperazine rings is 1. The van der Waals surface area contributed by atoms with Crippen molar-refractivity contribution in [2.24, 2.45) is 0 Å². The van der Waals surface area contributed by atoms with Gasteiger partial charge in [0, 0.05) is 37.6 Å². The van der Waals surface area contributed by atoms with E-state index in [2.05, 4.69) is 44.4 Å². The minimum absolute atomic E-state index is 0.00324. The van der Waals surface area contributed by atoms with Gasteiger partial charge in [0.1, 0.15) is 0 Å². The fourth-order valence-corrected chi connectivity index (χ4v) is 4.06. The van der Waals surface area contributed by atoms with Gasteiger partial charge in [0.2, 0.25) is 5.95 Å². The molecule has 1 fully saturated rings. The lowest BCUT2D eigenvalue weighted by molar-refractivity contribution is 0.0745. The van der Waals surface area contributed by atoms with Crippen molar-refractivity contribution in [3.8, 4) is 5.69 Å². The smallest absolute Gasteiger partial charge is 0.255 e. The molecule has 3 aromatic heterocycles. The standard InChI is InChI=1S/C22H25N9O/c1-15(2)30-20-17(14-23-30)13-19(16(3)24-20)21(32)28-9-11-29(12-10-28)22-25-26-27-31(22)18-7-5-4-6-8-18/h4-8,13-15H,9-12H2,1-3H3. The number of rotatable bonds is 4. The highest BCUT2D eigenvalue weighted by molar-refractivity contribution is 5.98. The van der Waals surface area contributed by atoms with E-state index in [1.54, 1.807) is 10.9 Å². The zero-order valence-corrected chi connectivity index (χ0v) is 18.4. The fraction of sp³-hybridized carbons (Fsp3) is 0.364. The van der Waals surface area contributed by atoms with E-state index in [0.717, 1.165) is 22.4 Å². The Labute approximate surface area is 185 Å². The molecule has 1 aromatic carbocycles. The molecule has 1 saturated heterocycles. The molecule has 4 heterocycles. The number of amides is 1. The van der Waals surface area contributed by atoms with E-state index >= 15 is 0 Å². The summed E-state index contributed by atoms with van der Waals surface area (Å²) in [6.45, 7) is 8.49. The molecule has 0 saturated carbocycles. The molecule has 164 valence electrons. The number of benzene rings is 1. The Morgan fingerprint density at radius 2 is 1.81 bits per heavy atom. The molecule has 0 aliphatic carbocycles. The number of tetrazole rings is 1. The highest BCUT2D eigenvalue weighted by Crippen LogP contribution is 2.22. The first kappa shape index (κ1) is 20.1. The largest absolute Gasteiger partial charge is 0.336 e. The van der Waals surface area contributed by atoms with Crippen molar-refractivity contribution < 1.29 is 4.79 Å². The van der Waals surface area contributed by atoms with Gasteiger partial charge in [-0.3, -0.25) is 4.79 Å². The van der Waals surface area contributed by atoms with Gasteiger partial charge in [0.25, 0.3) is 5.91 Å². The number of fused-ring (bicyclic) bond motifs is 1. The van der Waals surface area contributed by atoms with Crippen LogP contribution in [0.2, 0.25) is 0 Å². The fourth-order valence-electron chi connectivity index (χ4n) is 4.06. The van der Waals surface area contributed by atoms with E-state index in [-0.39, 0.29) is 11.9 Å². The summed E-state index contributed by atoms with van der Waals surface area (Å²) in [4.78, 5) is 21.9. The van der Waals surface area contributed by atoms with Crippen LogP contribution >= 0.6 is 0 Å². The summed E-state index contributed by atoms with van der Waals surface area (Å²) >= 11 is 0. The van der Waals surface area contributed by atoms with Gasteiger partial charge in [-0.05, 0) is 49.4 Å². The zero-order chi connectivity index (χ0) is 22.2. The van der Waals surface area contributed by atoms with Crippen LogP contribution in [0, 0.1) is 6.92 Å². The quantitative estimate of drug-likeness (QED) is 0.489. The van der Waals surface area contributed by atoms with E-state index in [1.807, 2.05) is 52.9 Å². The first-order valence-corrected chi connectivity index (χ1v) is 10.8. The molecular formula is C22H25N9O. The Morgan fingerprint density at radius 1 is 1.06 bits per heavy atom. The topological polar surface area (TPSA) is 97.9 Å². The third-order valence-corrected chi connectivity index (χ3v) is 5.78. The number of anilines is 1. The monoisotopic (exact) mass is 431 g/mol. The molecule has 0 N–H and O–H groups in total. The van der Waals surface area contributed by atoms with Gasteiger partial charge in [0.05, 0.1) is 23.1 Å². The van der Waals surface area contributed by atoms with Gasteiger partial charge in [-0.1, -0.05) is 23.3 Å². The van der Waals surface area contributed by atoms with Gasteiger partial charge >= 0.3 is 0 Å². The molecule has 0 spiro atoms. The maximum Gasteiger partial charge on any atom is 0.255 e. The van der Waals surface area contributed by atoms with Crippen molar-refractivity contribution in [2.75, 3.05) is 31.1 Å². The molecule has 4 aromatic rings. The van der Waals surface area contributed by atoms with E-state index in [4.69, 9.17) is 0 Å². The molecule has 32 heavy (non-hydrogen) atoms. The lowest BCUT2D eigenvalue weighted by Crippen LogP contribution is -2.49. The normalized spacial score (nSPS) is 14.5. The highest BCUT2D eigenvalue weighted by Gasteiger charge is 2.27. The third kappa shape index (κ3) is 3.47. The summed E-state index contributed by atoms with van der Waals surface area (Å²) in [5.74, 6) is 0.681. The molecule has 10 nitrogen and oxygen atoms in total. The van der Waals surface area contributed by atoms with Crippen LogP contribution in [0.5, 0.6) is 0 Å². The van der Waals surface area contributed by atoms with Crippen LogP contribution in [-0.4, -0.2) is 72.0 Å². The molecule has 10 heteroatoms. The molecule has 5 rings (SSSR count). The van der Waals surface area contributed by atoms with Crippen molar-refractivity contribution >= 4 is 22.9 Å². The van der Waals surface area contributed by atoms with Gasteiger partial charge in [-0.15, -0.1) is 0 Å². The molecule has 0 unspecified atom stereocenters. The van der Waals surface area contributed by atoms with Crippen LogP contribution in [0.15, 0.2) is 42.6 Å². The Hall–Kier alpha value is -3.82. The van der Waals surface area contributed by atoms with Crippen molar-refractivity contribution in [2.45, 2.75) is 26.8 Å². The van der Waals surface area contributed by atoms with Gasteiger partial charge in [0.15, 0.2) is 5.65 Å². The van der Waals surface area contributed by atoms with E-state index in [0.29, 0.717) is 37.7 Å². The lowest BCUT2D eigenvalue weighted by Gasteiger charge is -2.35. The second kappa shape index (κ2) is 8.03. The van der Waals surface area contributed by atoms with E-state index in [9.17, 15) is 4.79 Å². The molecule has 1 amide bonds. The Balaban J connectivity index is 1.33. The van der Waals surface area contributed by atoms with E-state index in [1.165, 1.54) is 0 Å². The second-order valence-corrected chi connectivity index (χ2v) is 8.22. The van der Waals surface area contributed by atoms with Crippen molar-refractivity contribution in [1.82, 2.24) is 39.9 Å². The van der Waals surface area contributed by atoms with Crippen molar-refractivity contribution in [3.05, 3.63) is 53.9 Å². The number of pyridine rings is 1. The first-order valence-electron chi connectivity index (χ1n) is 10.8. The number of hydrogen-bond acceptors (Lipinski definition) is 7. The number of aromatic nitrogens is 7. The predicted octanol–water partition coefficient (Wildman–Crippen LogP) is 2.26. The Bertz CT molecular complexity index is 1250. The summed E-state index contributed by atoms with van der Waals surface area (Å²) in [7, 11) is 0. The summed E-state index contributed by atoms with van der Waals surface area (Å²) in [6, 6.07) is 11.9. The molecule has 0 atom stereocenters. The summed E-state index contributed by atoms with van der Waals surface area (Å²) < 4.78 is 3.61. The lowest BCUT2D eigenvalue weighted by atomic mass is 10.1. The molecule has 1 aliphatic rings. The average Bonchev–Trinajstić information content (AvgIpc) is 3.46. The zero-order valence-electron chi connectivity index (χ0n) is 18.4. The number of hydrogen-bond donors (Lipinski definition) is 0. The number of nitrogens with zero attached hydrogens (tertiary/aromatic N) is 9. The maximum absolute atomic E-state index is 13.3. The van der Waals surface area contributed by atoms with Crippen LogP contribution in [0.4, 0.5) is 5.95 Å². The van der Waals surface area contributed by atoms with Crippen molar-refractivity contribution in [3.63, 3.8) is 0 Å². The summed E-state index contributed by atoms with van der Waals surface area (Å²) in [6.07, 6.45) is 1.78. The number of carbonyl (C=O) groups excluding carboxylic acids is 1. The molecule has 0 radical (unpaired) electrons. The number of carbonyl (C=O) groups is 1. The van der Waals surface area contributed by atoms with Crippen LogP contribution in [0.3, 0.4) is 0 Å². The molecular weight excluding hydrogens is 406 g/mol. The Morgan fingerprint density at radius 3 is 2.53 bits per heavy atom. The van der Waals surface area contributed by atoms with Gasteiger partial charge in [-0.2, -0.15) is 9.78 Å². The average molecular weight is 432 g/mol. The van der Waals surface area contributed by atoms with Crippen LogP contribution in [0.1, 0.15) is 35.9 Å². The SMILES string of the molecule is Cc1nc2c(cnn2C(C)C)cc1C(=O)N1CCN(c2nnnn2-c2ccccc2)CC1. The minimum Gasteiger partial charge on any atom is -0.336 e. The minimum atomic E-state index is -0.00324. The Kier molecular flexibility index (Phi) is 5.04. The summed E-state index contributed by atoms with van der Waals surface area (Å²) in [5, 5.41) is 17.5. The predicted molar refractivity (Wildman–Crippen MR) is 120 cm³/mol. The van der Waals surface area contributed by atoms with Crippen molar-refractivity contribution in [1.29, 1.82) is 0 Å². The molecule has 1 aliphatic heterocycles. The summed E-state index contributed by atoms with van der Waals surface area (Å²) in [5.41, 5.74) is 3.07. The first-order chi connectivity index (χ1) is 15.5. The maximum atomic E-state index is 13.3. The van der Waals surface area contributed by atoms with Crippen LogP contribution in [-0.2, 0) is 0 Å². The highest BCUT2D eigenvalue weighted by atomic mass is 16.2. The second-order valence-electron chi connectivity index (χ2n) is 8.22. The number of aryl methyl sites for hydroxylation is 1. The third-order valence-electron chi connectivity index (χ3n) is 5.78. The van der Waals surface area contributed by atoms with Gasteiger partial charge < -0.3 is 9.80 Å². The van der Waals surface area contributed by atoms with E-state index < -0.39 is 0 Å². The number of para-hydroxylation sites is 1. The van der Waals surface area contributed by atoms with Crippen LogP contribution < -0.4 is 4.90 Å². The van der Waals surface area contributed by atoms with Gasteiger partial charge in [-0.25, -0.2) is 9.67 Å². The van der Waals surface area contributed by atoms with Crippen LogP contribution in [0.25, 0.3) is 16.7 Å².